The monoisotopic (exact) mass is 374 g/mol. The van der Waals surface area contributed by atoms with Crippen molar-refractivity contribution in [2.75, 3.05) is 6.61 Å². The molecule has 0 saturated heterocycles. The molecule has 2 aromatic rings. The van der Waals surface area contributed by atoms with Crippen LogP contribution in [0.1, 0.15) is 30.9 Å². The van der Waals surface area contributed by atoms with Gasteiger partial charge >= 0.3 is 5.97 Å². The smallest absolute Gasteiger partial charge is 0.334 e. The van der Waals surface area contributed by atoms with E-state index in [9.17, 15) is 4.79 Å². The van der Waals surface area contributed by atoms with Crippen LogP contribution in [0.2, 0.25) is 0 Å². The summed E-state index contributed by atoms with van der Waals surface area (Å²) in [6.07, 6.45) is 2.51. The third kappa shape index (κ3) is 2.80. The molecule has 2 fully saturated rings. The second-order valence-electron chi connectivity index (χ2n) is 8.20. The molecule has 3 aliphatic rings. The van der Waals surface area contributed by atoms with Crippen molar-refractivity contribution in [3.63, 3.8) is 0 Å². The molecule has 0 heterocycles. The second-order valence-corrected chi connectivity index (χ2v) is 8.20. The van der Waals surface area contributed by atoms with Crippen molar-refractivity contribution in [2.45, 2.75) is 32.5 Å². The fraction of sp³-hybridized carbons (Fsp3) is 0.400. The van der Waals surface area contributed by atoms with Crippen LogP contribution in [0.4, 0.5) is 0 Å². The summed E-state index contributed by atoms with van der Waals surface area (Å²) in [5.41, 5.74) is 4.54. The number of esters is 1. The number of hydrogen-bond acceptors (Lipinski definition) is 3. The molecule has 144 valence electrons. The third-order valence-corrected chi connectivity index (χ3v) is 6.79. The van der Waals surface area contributed by atoms with E-state index < -0.39 is 0 Å². The van der Waals surface area contributed by atoms with Crippen molar-refractivity contribution in [3.05, 3.63) is 77.4 Å². The van der Waals surface area contributed by atoms with E-state index in [0.29, 0.717) is 36.9 Å². The molecule has 0 unspecified atom stereocenters. The van der Waals surface area contributed by atoms with E-state index in [1.165, 1.54) is 16.7 Å². The minimum absolute atomic E-state index is 0.114. The van der Waals surface area contributed by atoms with Crippen LogP contribution in [0, 0.1) is 23.7 Å². The lowest BCUT2D eigenvalue weighted by Gasteiger charge is -2.46. The zero-order valence-corrected chi connectivity index (χ0v) is 16.2. The number of carbonyl (C=O) groups excluding carboxylic acids is 1. The molecule has 0 amide bonds. The fourth-order valence-electron chi connectivity index (χ4n) is 5.76. The largest absolute Gasteiger partial charge is 0.463 e. The number of benzene rings is 2. The molecule has 28 heavy (non-hydrogen) atoms. The predicted octanol–water partition coefficient (Wildman–Crippen LogP) is 4.87. The summed E-state index contributed by atoms with van der Waals surface area (Å²) < 4.78 is 11.8. The van der Waals surface area contributed by atoms with Gasteiger partial charge in [0.25, 0.3) is 0 Å². The highest BCUT2D eigenvalue weighted by atomic mass is 16.5. The van der Waals surface area contributed by atoms with E-state index >= 15 is 0 Å². The van der Waals surface area contributed by atoms with Crippen LogP contribution in [0.25, 0.3) is 5.57 Å². The molecule has 5 rings (SSSR count). The summed E-state index contributed by atoms with van der Waals surface area (Å²) in [5, 5.41) is 0. The zero-order chi connectivity index (χ0) is 19.1. The number of fused-ring (bicyclic) bond motifs is 5. The van der Waals surface area contributed by atoms with E-state index in [0.717, 1.165) is 18.4 Å². The maximum atomic E-state index is 12.7. The average Bonchev–Trinajstić information content (AvgIpc) is 3.23. The Labute approximate surface area is 166 Å². The molecule has 2 saturated carbocycles. The normalized spacial score (nSPS) is 30.1. The molecule has 0 spiro atoms. The van der Waals surface area contributed by atoms with Gasteiger partial charge in [0.2, 0.25) is 0 Å². The van der Waals surface area contributed by atoms with Gasteiger partial charge in [-0.15, -0.1) is 0 Å². The van der Waals surface area contributed by atoms with Crippen LogP contribution in [-0.2, 0) is 20.9 Å². The van der Waals surface area contributed by atoms with E-state index in [1.54, 1.807) is 0 Å². The van der Waals surface area contributed by atoms with E-state index in [1.807, 2.05) is 19.1 Å². The Kier molecular flexibility index (Phi) is 4.56. The number of allylic oxidation sites excluding steroid dienone is 1. The van der Waals surface area contributed by atoms with Gasteiger partial charge in [-0.05, 0) is 54.2 Å². The van der Waals surface area contributed by atoms with Gasteiger partial charge in [0.1, 0.15) is 0 Å². The van der Waals surface area contributed by atoms with Crippen LogP contribution in [0.5, 0.6) is 0 Å². The summed E-state index contributed by atoms with van der Waals surface area (Å²) >= 11 is 0. The number of rotatable bonds is 6. The molecule has 2 aromatic carbocycles. The maximum Gasteiger partial charge on any atom is 0.334 e. The molecule has 3 heteroatoms. The lowest BCUT2D eigenvalue weighted by Crippen LogP contribution is -2.43. The molecule has 0 aromatic heterocycles. The molecule has 0 aliphatic heterocycles. The summed E-state index contributed by atoms with van der Waals surface area (Å²) in [4.78, 5) is 12.7. The summed E-state index contributed by atoms with van der Waals surface area (Å²) in [6.45, 7) is 2.98. The Bertz CT molecular complexity index is 887. The molecule has 0 N–H and O–H groups in total. The van der Waals surface area contributed by atoms with E-state index in [2.05, 4.69) is 48.5 Å². The highest BCUT2D eigenvalue weighted by Gasteiger charge is 2.62. The molecular formula is C25H26O3. The number of carbonyl (C=O) groups is 1. The first-order valence-corrected chi connectivity index (χ1v) is 10.4. The van der Waals surface area contributed by atoms with Crippen LogP contribution in [0.3, 0.4) is 0 Å². The van der Waals surface area contributed by atoms with Gasteiger partial charge in [-0.1, -0.05) is 60.7 Å². The standard InChI is InChI=1S/C25H26O3/c1-2-27-25(26)24-21(17-11-7-4-8-12-17)23-19-13-18(22(23)24)14-20(19)28-15-16-9-5-3-6-10-16/h3-12,18-20,22-23H,2,13-15H2,1H3/t18-,19+,20-,22-,23-/m1/s1. The zero-order valence-electron chi connectivity index (χ0n) is 16.2. The molecular weight excluding hydrogens is 348 g/mol. The van der Waals surface area contributed by atoms with Crippen molar-refractivity contribution in [2.24, 2.45) is 23.7 Å². The first-order valence-electron chi connectivity index (χ1n) is 10.4. The second kappa shape index (κ2) is 7.21. The van der Waals surface area contributed by atoms with Gasteiger partial charge in [0.15, 0.2) is 0 Å². The van der Waals surface area contributed by atoms with Gasteiger partial charge in [-0.3, -0.25) is 0 Å². The Morgan fingerprint density at radius 1 is 0.964 bits per heavy atom. The SMILES string of the molecule is CCOC(=O)C1=C(c2ccccc2)[C@H]2[C@H]3C[C@H](C[C@H]3OCc3ccccc3)[C@@H]12. The van der Waals surface area contributed by atoms with Crippen LogP contribution in [0.15, 0.2) is 66.2 Å². The van der Waals surface area contributed by atoms with Crippen LogP contribution >= 0.6 is 0 Å². The Morgan fingerprint density at radius 2 is 1.68 bits per heavy atom. The topological polar surface area (TPSA) is 35.5 Å². The minimum Gasteiger partial charge on any atom is -0.463 e. The van der Waals surface area contributed by atoms with E-state index in [-0.39, 0.29) is 12.1 Å². The quantitative estimate of drug-likeness (QED) is 0.677. The van der Waals surface area contributed by atoms with Gasteiger partial charge in [0.05, 0.1) is 19.3 Å². The highest BCUT2D eigenvalue weighted by Crippen LogP contribution is 2.66. The van der Waals surface area contributed by atoms with E-state index in [4.69, 9.17) is 9.47 Å². The molecule has 3 aliphatic carbocycles. The minimum atomic E-state index is -0.114. The molecule has 5 atom stereocenters. The summed E-state index contributed by atoms with van der Waals surface area (Å²) in [6, 6.07) is 20.8. The van der Waals surface area contributed by atoms with Crippen molar-refractivity contribution >= 4 is 11.5 Å². The number of hydrogen-bond donors (Lipinski definition) is 0. The summed E-state index contributed by atoms with van der Waals surface area (Å²) in [5.74, 6) is 1.73. The first-order chi connectivity index (χ1) is 13.8. The molecule has 3 nitrogen and oxygen atoms in total. The van der Waals surface area contributed by atoms with Crippen molar-refractivity contribution in [1.82, 2.24) is 0 Å². The fourth-order valence-corrected chi connectivity index (χ4v) is 5.76. The van der Waals surface area contributed by atoms with Gasteiger partial charge in [-0.2, -0.15) is 0 Å². The Balaban J connectivity index is 1.40. The highest BCUT2D eigenvalue weighted by molar-refractivity contribution is 6.03. The first kappa shape index (κ1) is 17.7. The van der Waals surface area contributed by atoms with Gasteiger partial charge in [0, 0.05) is 11.5 Å². The van der Waals surface area contributed by atoms with Crippen molar-refractivity contribution < 1.29 is 14.3 Å². The predicted molar refractivity (Wildman–Crippen MR) is 108 cm³/mol. The average molecular weight is 374 g/mol. The lowest BCUT2D eigenvalue weighted by atomic mass is 9.59. The van der Waals surface area contributed by atoms with Crippen molar-refractivity contribution in [3.8, 4) is 0 Å². The van der Waals surface area contributed by atoms with Crippen LogP contribution in [-0.4, -0.2) is 18.7 Å². The lowest BCUT2D eigenvalue weighted by molar-refractivity contribution is -0.140. The summed E-state index contributed by atoms with van der Waals surface area (Å²) in [7, 11) is 0. The van der Waals surface area contributed by atoms with Gasteiger partial charge in [-0.25, -0.2) is 4.79 Å². The molecule has 0 radical (unpaired) electrons. The van der Waals surface area contributed by atoms with Crippen molar-refractivity contribution in [1.29, 1.82) is 0 Å². The number of ether oxygens (including phenoxy) is 2. The maximum absolute atomic E-state index is 12.7. The third-order valence-electron chi connectivity index (χ3n) is 6.79. The molecule has 2 bridgehead atoms. The van der Waals surface area contributed by atoms with Crippen LogP contribution < -0.4 is 0 Å². The van der Waals surface area contributed by atoms with Gasteiger partial charge < -0.3 is 9.47 Å². The Hall–Kier alpha value is -2.39. The Morgan fingerprint density at radius 3 is 2.39 bits per heavy atom.